The van der Waals surface area contributed by atoms with Crippen LogP contribution < -0.4 is 16.0 Å². The summed E-state index contributed by atoms with van der Waals surface area (Å²) in [5, 5.41) is 3.04. The maximum Gasteiger partial charge on any atom is 0.249 e. The highest BCUT2D eigenvalue weighted by Crippen LogP contribution is 2.42. The van der Waals surface area contributed by atoms with Crippen LogP contribution in [0.5, 0.6) is 0 Å². The van der Waals surface area contributed by atoms with Crippen LogP contribution in [0.4, 0.5) is 5.69 Å². The number of aryl methyl sites for hydroxylation is 1. The Labute approximate surface area is 167 Å². The lowest BCUT2D eigenvalue weighted by Gasteiger charge is -2.43. The van der Waals surface area contributed by atoms with E-state index in [-0.39, 0.29) is 42.2 Å². The molecule has 2 aliphatic carbocycles. The van der Waals surface area contributed by atoms with Gasteiger partial charge in [-0.1, -0.05) is 24.1 Å². The molecule has 0 aromatic heterocycles. The molecule has 1 aliphatic heterocycles. The molecule has 148 valence electrons. The van der Waals surface area contributed by atoms with Gasteiger partial charge in [0.1, 0.15) is 6.04 Å². The number of benzene rings is 1. The van der Waals surface area contributed by atoms with Crippen LogP contribution in [-0.2, 0) is 9.59 Å². The molecule has 3 unspecified atom stereocenters. The summed E-state index contributed by atoms with van der Waals surface area (Å²) in [5.41, 5.74) is 8.42. The number of carbonyl (C=O) groups is 2. The molecule has 2 bridgehead atoms. The van der Waals surface area contributed by atoms with E-state index in [9.17, 15) is 9.59 Å². The maximum absolute atomic E-state index is 12.8. The SMILES string of the molecule is Cc1ccc(N2CCC(NC(=O)C3CC4CCCC(C3)C4N)C2=O)cc1.Cl. The molecule has 27 heavy (non-hydrogen) atoms. The third kappa shape index (κ3) is 3.99. The van der Waals surface area contributed by atoms with E-state index in [4.69, 9.17) is 5.73 Å². The number of nitrogens with two attached hydrogens (primary N) is 1. The van der Waals surface area contributed by atoms with Gasteiger partial charge in [0.2, 0.25) is 11.8 Å². The number of hydrogen-bond acceptors (Lipinski definition) is 3. The average molecular weight is 392 g/mol. The molecule has 3 N–H and O–H groups in total. The van der Waals surface area contributed by atoms with Gasteiger partial charge < -0.3 is 16.0 Å². The van der Waals surface area contributed by atoms with Crippen molar-refractivity contribution >= 4 is 29.9 Å². The maximum atomic E-state index is 12.8. The van der Waals surface area contributed by atoms with Crippen LogP contribution in [0.3, 0.4) is 0 Å². The van der Waals surface area contributed by atoms with Gasteiger partial charge in [-0.2, -0.15) is 0 Å². The van der Waals surface area contributed by atoms with Gasteiger partial charge in [-0.25, -0.2) is 0 Å². The molecule has 3 fully saturated rings. The van der Waals surface area contributed by atoms with Crippen molar-refractivity contribution in [3.05, 3.63) is 29.8 Å². The highest BCUT2D eigenvalue weighted by atomic mass is 35.5. The predicted molar refractivity (Wildman–Crippen MR) is 109 cm³/mol. The summed E-state index contributed by atoms with van der Waals surface area (Å²) in [4.78, 5) is 27.3. The van der Waals surface area contributed by atoms with E-state index in [1.807, 2.05) is 31.2 Å². The van der Waals surface area contributed by atoms with Gasteiger partial charge in [0, 0.05) is 24.2 Å². The van der Waals surface area contributed by atoms with Crippen LogP contribution in [-0.4, -0.2) is 30.4 Å². The lowest BCUT2D eigenvalue weighted by atomic mass is 9.65. The predicted octanol–water partition coefficient (Wildman–Crippen LogP) is 2.79. The first-order chi connectivity index (χ1) is 12.5. The molecule has 1 saturated heterocycles. The largest absolute Gasteiger partial charge is 0.344 e. The third-order valence-corrected chi connectivity index (χ3v) is 6.65. The van der Waals surface area contributed by atoms with Crippen molar-refractivity contribution in [2.45, 2.75) is 57.5 Å². The smallest absolute Gasteiger partial charge is 0.249 e. The third-order valence-electron chi connectivity index (χ3n) is 6.65. The number of anilines is 1. The van der Waals surface area contributed by atoms with Gasteiger partial charge in [0.15, 0.2) is 0 Å². The van der Waals surface area contributed by atoms with Crippen LogP contribution in [0.1, 0.15) is 44.1 Å². The first-order valence-corrected chi connectivity index (χ1v) is 9.97. The summed E-state index contributed by atoms with van der Waals surface area (Å²) in [6.45, 7) is 2.69. The molecular formula is C21H30ClN3O2. The molecule has 0 radical (unpaired) electrons. The molecule has 0 spiro atoms. The van der Waals surface area contributed by atoms with Crippen LogP contribution in [0, 0.1) is 24.7 Å². The highest BCUT2D eigenvalue weighted by molar-refractivity contribution is 6.01. The first-order valence-electron chi connectivity index (χ1n) is 9.97. The second-order valence-electron chi connectivity index (χ2n) is 8.37. The van der Waals surface area contributed by atoms with Crippen LogP contribution >= 0.6 is 12.4 Å². The van der Waals surface area contributed by atoms with Gasteiger partial charge in [0.25, 0.3) is 0 Å². The van der Waals surface area contributed by atoms with Crippen molar-refractivity contribution in [3.8, 4) is 0 Å². The van der Waals surface area contributed by atoms with Gasteiger partial charge in [-0.3, -0.25) is 9.59 Å². The van der Waals surface area contributed by atoms with Gasteiger partial charge in [-0.15, -0.1) is 12.4 Å². The lowest BCUT2D eigenvalue weighted by Crippen LogP contribution is -2.51. The number of halogens is 1. The molecule has 6 heteroatoms. The van der Waals surface area contributed by atoms with Gasteiger partial charge in [-0.05, 0) is 63.0 Å². The summed E-state index contributed by atoms with van der Waals surface area (Å²) in [6, 6.07) is 7.84. The second kappa shape index (κ2) is 8.19. The van der Waals surface area contributed by atoms with Crippen molar-refractivity contribution in [1.29, 1.82) is 0 Å². The zero-order valence-electron chi connectivity index (χ0n) is 15.9. The fourth-order valence-electron chi connectivity index (χ4n) is 5.09. The first kappa shape index (κ1) is 20.2. The van der Waals surface area contributed by atoms with Crippen molar-refractivity contribution in [2.24, 2.45) is 23.5 Å². The molecule has 1 heterocycles. The van der Waals surface area contributed by atoms with Crippen LogP contribution in [0.2, 0.25) is 0 Å². The monoisotopic (exact) mass is 391 g/mol. The second-order valence-corrected chi connectivity index (χ2v) is 8.37. The van der Waals surface area contributed by atoms with Gasteiger partial charge >= 0.3 is 0 Å². The van der Waals surface area contributed by atoms with E-state index >= 15 is 0 Å². The molecule has 2 saturated carbocycles. The molecule has 1 aromatic carbocycles. The Hall–Kier alpha value is -1.59. The number of fused-ring (bicyclic) bond motifs is 2. The molecule has 5 nitrogen and oxygen atoms in total. The number of hydrogen-bond donors (Lipinski definition) is 2. The summed E-state index contributed by atoms with van der Waals surface area (Å²) >= 11 is 0. The van der Waals surface area contributed by atoms with Gasteiger partial charge in [0.05, 0.1) is 0 Å². The Morgan fingerprint density at radius 2 is 1.74 bits per heavy atom. The molecule has 3 aliphatic rings. The van der Waals surface area contributed by atoms with E-state index in [0.717, 1.165) is 31.4 Å². The Kier molecular flexibility index (Phi) is 6.11. The van der Waals surface area contributed by atoms with E-state index in [1.54, 1.807) is 4.90 Å². The molecule has 2 amide bonds. The Morgan fingerprint density at radius 3 is 2.37 bits per heavy atom. The van der Waals surface area contributed by atoms with E-state index < -0.39 is 0 Å². The van der Waals surface area contributed by atoms with Crippen molar-refractivity contribution in [2.75, 3.05) is 11.4 Å². The number of rotatable bonds is 3. The lowest BCUT2D eigenvalue weighted by molar-refractivity contribution is -0.131. The zero-order valence-corrected chi connectivity index (χ0v) is 16.7. The summed E-state index contributed by atoms with van der Waals surface area (Å²) < 4.78 is 0. The summed E-state index contributed by atoms with van der Waals surface area (Å²) in [6.07, 6.45) is 5.97. The van der Waals surface area contributed by atoms with E-state index in [1.165, 1.54) is 12.0 Å². The van der Waals surface area contributed by atoms with Crippen LogP contribution in [0.15, 0.2) is 24.3 Å². The number of carbonyl (C=O) groups excluding carboxylic acids is 2. The number of nitrogens with zero attached hydrogens (tertiary/aromatic N) is 1. The minimum atomic E-state index is -0.390. The molecular weight excluding hydrogens is 362 g/mol. The Bertz CT molecular complexity index is 679. The zero-order chi connectivity index (χ0) is 18.3. The molecule has 3 atom stereocenters. The average Bonchev–Trinajstić information content (AvgIpc) is 2.96. The fraction of sp³-hybridized carbons (Fsp3) is 0.619. The Morgan fingerprint density at radius 1 is 1.11 bits per heavy atom. The molecule has 4 rings (SSSR count). The minimum absolute atomic E-state index is 0. The molecule has 1 aromatic rings. The standard InChI is InChI=1S/C21H29N3O2.ClH/c1-13-5-7-17(8-6-13)24-10-9-18(21(24)26)23-20(25)16-11-14-3-2-4-15(12-16)19(14)22;/h5-8,14-16,18-19H,2-4,9-12,22H2,1H3,(H,23,25);1H. The highest BCUT2D eigenvalue weighted by Gasteiger charge is 2.42. The normalized spacial score (nSPS) is 32.7. The van der Waals surface area contributed by atoms with E-state index in [2.05, 4.69) is 5.32 Å². The van der Waals surface area contributed by atoms with Crippen molar-refractivity contribution in [3.63, 3.8) is 0 Å². The van der Waals surface area contributed by atoms with Crippen LogP contribution in [0.25, 0.3) is 0 Å². The summed E-state index contributed by atoms with van der Waals surface area (Å²) in [5.74, 6) is 1.03. The summed E-state index contributed by atoms with van der Waals surface area (Å²) in [7, 11) is 0. The Balaban J connectivity index is 0.00000210. The number of amides is 2. The van der Waals surface area contributed by atoms with Crippen molar-refractivity contribution < 1.29 is 9.59 Å². The van der Waals surface area contributed by atoms with E-state index in [0.29, 0.717) is 24.8 Å². The quantitative estimate of drug-likeness (QED) is 0.831. The number of nitrogens with one attached hydrogen (secondary N) is 1. The minimum Gasteiger partial charge on any atom is -0.344 e. The topological polar surface area (TPSA) is 75.4 Å². The van der Waals surface area contributed by atoms with Crippen molar-refractivity contribution in [1.82, 2.24) is 5.32 Å². The fourth-order valence-corrected chi connectivity index (χ4v) is 5.09.